The van der Waals surface area contributed by atoms with Crippen molar-refractivity contribution in [3.8, 4) is 0 Å². The molecule has 0 aliphatic rings. The third kappa shape index (κ3) is 3.26. The highest BCUT2D eigenvalue weighted by Crippen LogP contribution is 2.16. The molecule has 0 aliphatic heterocycles. The van der Waals surface area contributed by atoms with E-state index in [0.29, 0.717) is 5.56 Å². The zero-order chi connectivity index (χ0) is 13.8. The van der Waals surface area contributed by atoms with E-state index in [1.807, 2.05) is 0 Å². The number of hydrogen-bond donors (Lipinski definition) is 1. The molecule has 2 aromatic rings. The highest BCUT2D eigenvalue weighted by Gasteiger charge is 2.15. The second kappa shape index (κ2) is 5.75. The van der Waals surface area contributed by atoms with Gasteiger partial charge in [-0.05, 0) is 13.0 Å². The molecule has 0 fully saturated rings. The van der Waals surface area contributed by atoms with Crippen molar-refractivity contribution in [2.75, 3.05) is 0 Å². The van der Waals surface area contributed by atoms with Crippen molar-refractivity contribution in [2.45, 2.75) is 13.0 Å². The first kappa shape index (κ1) is 13.4. The van der Waals surface area contributed by atoms with E-state index in [-0.39, 0.29) is 16.7 Å². The summed E-state index contributed by atoms with van der Waals surface area (Å²) in [5.74, 6) is -0.821. The lowest BCUT2D eigenvalue weighted by Crippen LogP contribution is -2.28. The van der Waals surface area contributed by atoms with E-state index in [9.17, 15) is 9.18 Å². The maximum absolute atomic E-state index is 13.6. The summed E-state index contributed by atoms with van der Waals surface area (Å²) < 4.78 is 13.6. The number of benzene rings is 1. The summed E-state index contributed by atoms with van der Waals surface area (Å²) in [5, 5.41) is 2.77. The molecule has 1 atom stereocenters. The maximum Gasteiger partial charge on any atom is 0.272 e. The van der Waals surface area contributed by atoms with Gasteiger partial charge < -0.3 is 5.32 Å². The molecule has 4 nitrogen and oxygen atoms in total. The molecule has 98 valence electrons. The molecule has 0 saturated heterocycles. The molecule has 1 amide bonds. The normalized spacial score (nSPS) is 11.9. The standard InChI is InChI=1S/C13H11ClFN3O/c1-8(9-4-2-3-5-10(9)15)17-13(19)11-6-16-7-12(14)18-11/h2-8H,1H3,(H,17,19). The Morgan fingerprint density at radius 3 is 2.79 bits per heavy atom. The topological polar surface area (TPSA) is 54.9 Å². The van der Waals surface area contributed by atoms with Gasteiger partial charge >= 0.3 is 0 Å². The van der Waals surface area contributed by atoms with Crippen LogP contribution < -0.4 is 5.32 Å². The number of hydrogen-bond acceptors (Lipinski definition) is 3. The van der Waals surface area contributed by atoms with Gasteiger partial charge in [0.15, 0.2) is 0 Å². The van der Waals surface area contributed by atoms with E-state index < -0.39 is 11.9 Å². The zero-order valence-electron chi connectivity index (χ0n) is 10.1. The minimum Gasteiger partial charge on any atom is -0.344 e. The van der Waals surface area contributed by atoms with Crippen molar-refractivity contribution in [2.24, 2.45) is 0 Å². The minimum atomic E-state index is -0.477. The molecule has 1 unspecified atom stereocenters. The molecule has 0 aliphatic carbocycles. The molecular formula is C13H11ClFN3O. The van der Waals surface area contributed by atoms with Crippen molar-refractivity contribution in [3.05, 3.63) is 58.9 Å². The Morgan fingerprint density at radius 2 is 2.11 bits per heavy atom. The average Bonchev–Trinajstić information content (AvgIpc) is 2.39. The molecular weight excluding hydrogens is 269 g/mol. The summed E-state index contributed by atoms with van der Waals surface area (Å²) in [4.78, 5) is 19.5. The third-order valence-corrected chi connectivity index (χ3v) is 2.74. The van der Waals surface area contributed by atoms with Gasteiger partial charge in [-0.25, -0.2) is 9.37 Å². The molecule has 0 radical (unpaired) electrons. The average molecular weight is 280 g/mol. The fraction of sp³-hybridized carbons (Fsp3) is 0.154. The molecule has 1 aromatic carbocycles. The summed E-state index contributed by atoms with van der Waals surface area (Å²) in [6.45, 7) is 1.69. The van der Waals surface area contributed by atoms with Crippen LogP contribution >= 0.6 is 11.6 Å². The van der Waals surface area contributed by atoms with Crippen LogP contribution in [0.15, 0.2) is 36.7 Å². The van der Waals surface area contributed by atoms with Crippen molar-refractivity contribution in [1.29, 1.82) is 0 Å². The summed E-state index contributed by atoms with van der Waals surface area (Å²) in [6.07, 6.45) is 2.63. The third-order valence-electron chi connectivity index (χ3n) is 2.56. The van der Waals surface area contributed by atoms with Crippen LogP contribution in [0, 0.1) is 5.82 Å². The second-order valence-electron chi connectivity index (χ2n) is 3.94. The molecule has 1 heterocycles. The lowest BCUT2D eigenvalue weighted by molar-refractivity contribution is 0.0934. The molecule has 19 heavy (non-hydrogen) atoms. The van der Waals surface area contributed by atoms with E-state index >= 15 is 0 Å². The Morgan fingerprint density at radius 1 is 1.37 bits per heavy atom. The summed E-state index contributed by atoms with van der Waals surface area (Å²) >= 11 is 5.65. The fourth-order valence-electron chi connectivity index (χ4n) is 1.63. The van der Waals surface area contributed by atoms with E-state index in [4.69, 9.17) is 11.6 Å². The number of nitrogens with zero attached hydrogens (tertiary/aromatic N) is 2. The molecule has 1 N–H and O–H groups in total. The van der Waals surface area contributed by atoms with Gasteiger partial charge in [-0.1, -0.05) is 29.8 Å². The first-order valence-corrected chi connectivity index (χ1v) is 5.98. The quantitative estimate of drug-likeness (QED) is 0.940. The molecule has 2 rings (SSSR count). The number of aromatic nitrogens is 2. The van der Waals surface area contributed by atoms with Gasteiger partial charge in [-0.2, -0.15) is 0 Å². The number of nitrogens with one attached hydrogen (secondary N) is 1. The van der Waals surface area contributed by atoms with Gasteiger partial charge in [-0.15, -0.1) is 0 Å². The second-order valence-corrected chi connectivity index (χ2v) is 4.33. The number of rotatable bonds is 3. The lowest BCUT2D eigenvalue weighted by atomic mass is 10.1. The monoisotopic (exact) mass is 279 g/mol. The number of halogens is 2. The Hall–Kier alpha value is -2.01. The zero-order valence-corrected chi connectivity index (χ0v) is 10.9. The van der Waals surface area contributed by atoms with Gasteiger partial charge in [0.25, 0.3) is 5.91 Å². The lowest BCUT2D eigenvalue weighted by Gasteiger charge is -2.14. The van der Waals surface area contributed by atoms with Crippen molar-refractivity contribution in [3.63, 3.8) is 0 Å². The van der Waals surface area contributed by atoms with Gasteiger partial charge in [-0.3, -0.25) is 9.78 Å². The number of carbonyl (C=O) groups is 1. The van der Waals surface area contributed by atoms with Crippen molar-refractivity contribution >= 4 is 17.5 Å². The van der Waals surface area contributed by atoms with Crippen LogP contribution in [-0.4, -0.2) is 15.9 Å². The fourth-order valence-corrected chi connectivity index (χ4v) is 1.77. The van der Waals surface area contributed by atoms with Crippen LogP contribution in [0.25, 0.3) is 0 Å². The van der Waals surface area contributed by atoms with E-state index in [2.05, 4.69) is 15.3 Å². The number of amides is 1. The van der Waals surface area contributed by atoms with Crippen LogP contribution in [0.2, 0.25) is 5.15 Å². The van der Waals surface area contributed by atoms with Crippen LogP contribution in [0.1, 0.15) is 29.0 Å². The van der Waals surface area contributed by atoms with Gasteiger partial charge in [0.1, 0.15) is 16.7 Å². The molecule has 0 spiro atoms. The van der Waals surface area contributed by atoms with E-state index in [1.165, 1.54) is 18.5 Å². The smallest absolute Gasteiger partial charge is 0.272 e. The Labute approximate surface area is 114 Å². The van der Waals surface area contributed by atoms with Gasteiger partial charge in [0, 0.05) is 5.56 Å². The van der Waals surface area contributed by atoms with E-state index in [1.54, 1.807) is 25.1 Å². The SMILES string of the molecule is CC(NC(=O)c1cncc(Cl)n1)c1ccccc1F. The first-order chi connectivity index (χ1) is 9.08. The van der Waals surface area contributed by atoms with E-state index in [0.717, 1.165) is 0 Å². The Bertz CT molecular complexity index is 606. The van der Waals surface area contributed by atoms with Crippen molar-refractivity contribution < 1.29 is 9.18 Å². The molecule has 1 aromatic heterocycles. The maximum atomic E-state index is 13.6. The van der Waals surface area contributed by atoms with Crippen LogP contribution in [0.3, 0.4) is 0 Å². The minimum absolute atomic E-state index is 0.0932. The van der Waals surface area contributed by atoms with Gasteiger partial charge in [0.2, 0.25) is 0 Å². The first-order valence-electron chi connectivity index (χ1n) is 5.61. The van der Waals surface area contributed by atoms with Gasteiger partial charge in [0.05, 0.1) is 18.4 Å². The van der Waals surface area contributed by atoms with Crippen molar-refractivity contribution in [1.82, 2.24) is 15.3 Å². The predicted octanol–water partition coefficient (Wildman–Crippen LogP) is 2.76. The summed E-state index contributed by atoms with van der Waals surface area (Å²) in [7, 11) is 0. The highest BCUT2D eigenvalue weighted by atomic mass is 35.5. The predicted molar refractivity (Wildman–Crippen MR) is 69.3 cm³/mol. The Kier molecular flexibility index (Phi) is 4.06. The number of carbonyl (C=O) groups excluding carboxylic acids is 1. The summed E-state index contributed by atoms with van der Waals surface area (Å²) in [6, 6.07) is 5.78. The molecule has 0 bridgehead atoms. The van der Waals surface area contributed by atoms with Crippen LogP contribution in [-0.2, 0) is 0 Å². The van der Waals surface area contributed by atoms with Crippen LogP contribution in [0.5, 0.6) is 0 Å². The summed E-state index contributed by atoms with van der Waals surface area (Å²) in [5.41, 5.74) is 0.501. The van der Waals surface area contributed by atoms with Crippen LogP contribution in [0.4, 0.5) is 4.39 Å². The molecule has 0 saturated carbocycles. The molecule has 6 heteroatoms. The Balaban J connectivity index is 2.13. The largest absolute Gasteiger partial charge is 0.344 e. The highest BCUT2D eigenvalue weighted by molar-refractivity contribution is 6.29.